The van der Waals surface area contributed by atoms with Crippen LogP contribution in [0.3, 0.4) is 0 Å². The molecule has 0 aliphatic rings. The summed E-state index contributed by atoms with van der Waals surface area (Å²) < 4.78 is 18.8. The summed E-state index contributed by atoms with van der Waals surface area (Å²) in [4.78, 5) is 0. The molecule has 0 fully saturated rings. The molecule has 0 spiro atoms. The minimum atomic E-state index is -0.254. The van der Waals surface area contributed by atoms with Gasteiger partial charge < -0.3 is 10.5 Å². The quantitative estimate of drug-likeness (QED) is 0.839. The van der Waals surface area contributed by atoms with Crippen molar-refractivity contribution in [3.05, 3.63) is 34.1 Å². The third kappa shape index (κ3) is 3.89. The number of nitrogens with two attached hydrogens (primary N) is 1. The largest absolute Gasteiger partial charge is 0.385 e. The lowest BCUT2D eigenvalue weighted by atomic mass is 10.0. The molecule has 1 atom stereocenters. The lowest BCUT2D eigenvalue weighted by molar-refractivity contribution is 0.190. The van der Waals surface area contributed by atoms with E-state index in [9.17, 15) is 4.39 Å². The molecule has 84 valence electrons. The zero-order chi connectivity index (χ0) is 11.3. The van der Waals surface area contributed by atoms with Crippen LogP contribution < -0.4 is 5.73 Å². The van der Waals surface area contributed by atoms with E-state index >= 15 is 0 Å². The van der Waals surface area contributed by atoms with Crippen molar-refractivity contribution >= 4 is 15.9 Å². The molecule has 0 amide bonds. The first-order valence-electron chi connectivity index (χ1n) is 4.84. The summed E-state index contributed by atoms with van der Waals surface area (Å²) in [5.41, 5.74) is 6.76. The lowest BCUT2D eigenvalue weighted by Gasteiger charge is -2.13. The standard InChI is InChI=1S/C11H15BrFNO/c1-15-6-2-3-11(14)9-7-8(13)4-5-10(9)12/h4-5,7,11H,2-3,6,14H2,1H3. The second-order valence-corrected chi connectivity index (χ2v) is 4.26. The molecule has 0 aromatic heterocycles. The van der Waals surface area contributed by atoms with Crippen LogP contribution in [0.15, 0.2) is 22.7 Å². The molecule has 1 rings (SSSR count). The van der Waals surface area contributed by atoms with Crippen LogP contribution in [0.25, 0.3) is 0 Å². The van der Waals surface area contributed by atoms with Crippen LogP contribution in [-0.2, 0) is 4.74 Å². The average molecular weight is 276 g/mol. The second-order valence-electron chi connectivity index (χ2n) is 3.41. The minimum absolute atomic E-state index is 0.148. The number of benzene rings is 1. The maximum absolute atomic E-state index is 13.0. The van der Waals surface area contributed by atoms with Gasteiger partial charge in [0.25, 0.3) is 0 Å². The Kier molecular flexibility index (Phi) is 5.22. The zero-order valence-corrected chi connectivity index (χ0v) is 10.3. The molecule has 2 N–H and O–H groups in total. The molecule has 1 aromatic rings. The summed E-state index contributed by atoms with van der Waals surface area (Å²) in [7, 11) is 1.66. The summed E-state index contributed by atoms with van der Waals surface area (Å²) in [6, 6.07) is 4.42. The summed E-state index contributed by atoms with van der Waals surface area (Å²) >= 11 is 3.36. The van der Waals surface area contributed by atoms with Gasteiger partial charge in [-0.15, -0.1) is 0 Å². The van der Waals surface area contributed by atoms with Crippen LogP contribution in [-0.4, -0.2) is 13.7 Å². The van der Waals surface area contributed by atoms with Gasteiger partial charge in [0, 0.05) is 24.2 Å². The van der Waals surface area contributed by atoms with Crippen LogP contribution >= 0.6 is 15.9 Å². The number of rotatable bonds is 5. The number of ether oxygens (including phenoxy) is 1. The molecular weight excluding hydrogens is 261 g/mol. The highest BCUT2D eigenvalue weighted by Gasteiger charge is 2.10. The van der Waals surface area contributed by atoms with Gasteiger partial charge in [0.2, 0.25) is 0 Å². The normalized spacial score (nSPS) is 12.8. The molecule has 2 nitrogen and oxygen atoms in total. The van der Waals surface area contributed by atoms with E-state index in [2.05, 4.69) is 15.9 Å². The summed E-state index contributed by atoms with van der Waals surface area (Å²) in [6.45, 7) is 0.681. The molecule has 0 saturated heterocycles. The molecule has 0 bridgehead atoms. The first kappa shape index (κ1) is 12.6. The van der Waals surface area contributed by atoms with Crippen molar-refractivity contribution in [1.29, 1.82) is 0 Å². The highest BCUT2D eigenvalue weighted by molar-refractivity contribution is 9.10. The Bertz CT molecular complexity index is 319. The summed E-state index contributed by atoms with van der Waals surface area (Å²) in [5.74, 6) is -0.254. The van der Waals surface area contributed by atoms with Gasteiger partial charge in [0.05, 0.1) is 0 Å². The van der Waals surface area contributed by atoms with Gasteiger partial charge >= 0.3 is 0 Å². The Morgan fingerprint density at radius 1 is 1.53 bits per heavy atom. The van der Waals surface area contributed by atoms with Gasteiger partial charge in [-0.3, -0.25) is 0 Å². The van der Waals surface area contributed by atoms with Crippen LogP contribution in [0, 0.1) is 5.82 Å². The molecular formula is C11H15BrFNO. The van der Waals surface area contributed by atoms with Crippen LogP contribution in [0.4, 0.5) is 4.39 Å². The third-order valence-corrected chi connectivity index (χ3v) is 2.94. The van der Waals surface area contributed by atoms with E-state index in [1.807, 2.05) is 0 Å². The molecule has 0 radical (unpaired) electrons. The smallest absolute Gasteiger partial charge is 0.123 e. The predicted molar refractivity (Wildman–Crippen MR) is 62.1 cm³/mol. The first-order chi connectivity index (χ1) is 7.15. The first-order valence-corrected chi connectivity index (χ1v) is 5.64. The predicted octanol–water partition coefficient (Wildman–Crippen LogP) is 3.01. The summed E-state index contributed by atoms with van der Waals surface area (Å²) in [6.07, 6.45) is 1.66. The van der Waals surface area contributed by atoms with Crippen molar-refractivity contribution in [2.45, 2.75) is 18.9 Å². The van der Waals surface area contributed by atoms with Crippen molar-refractivity contribution in [2.24, 2.45) is 5.73 Å². The second kappa shape index (κ2) is 6.20. The number of halogens is 2. The van der Waals surface area contributed by atoms with Crippen molar-refractivity contribution in [3.8, 4) is 0 Å². The van der Waals surface area contributed by atoms with Crippen LogP contribution in [0.1, 0.15) is 24.4 Å². The molecule has 0 saturated carbocycles. The van der Waals surface area contributed by atoms with Gasteiger partial charge in [-0.2, -0.15) is 0 Å². The topological polar surface area (TPSA) is 35.2 Å². The molecule has 0 heterocycles. The Balaban J connectivity index is 2.64. The lowest BCUT2D eigenvalue weighted by Crippen LogP contribution is -2.12. The van der Waals surface area contributed by atoms with E-state index in [-0.39, 0.29) is 11.9 Å². The highest BCUT2D eigenvalue weighted by Crippen LogP contribution is 2.25. The Hall–Kier alpha value is -0.450. The average Bonchev–Trinajstić information content (AvgIpc) is 2.22. The fourth-order valence-electron chi connectivity index (χ4n) is 1.40. The van der Waals surface area contributed by atoms with E-state index in [0.29, 0.717) is 6.61 Å². The third-order valence-electron chi connectivity index (χ3n) is 2.22. The van der Waals surface area contributed by atoms with Crippen molar-refractivity contribution in [2.75, 3.05) is 13.7 Å². The van der Waals surface area contributed by atoms with E-state index in [0.717, 1.165) is 22.9 Å². The molecule has 4 heteroatoms. The number of hydrogen-bond donors (Lipinski definition) is 1. The molecule has 1 unspecified atom stereocenters. The Labute approximate surface area is 97.7 Å². The van der Waals surface area contributed by atoms with E-state index in [1.165, 1.54) is 12.1 Å². The molecule has 1 aromatic carbocycles. The fraction of sp³-hybridized carbons (Fsp3) is 0.455. The van der Waals surface area contributed by atoms with Crippen LogP contribution in [0.5, 0.6) is 0 Å². The molecule has 15 heavy (non-hydrogen) atoms. The van der Waals surface area contributed by atoms with Gasteiger partial charge in [0.1, 0.15) is 5.82 Å². The number of methoxy groups -OCH3 is 1. The molecule has 0 aliphatic heterocycles. The van der Waals surface area contributed by atoms with Gasteiger partial charge in [-0.05, 0) is 36.6 Å². The van der Waals surface area contributed by atoms with Crippen molar-refractivity contribution in [1.82, 2.24) is 0 Å². The van der Waals surface area contributed by atoms with Crippen molar-refractivity contribution in [3.63, 3.8) is 0 Å². The fourth-order valence-corrected chi connectivity index (χ4v) is 1.94. The Morgan fingerprint density at radius 2 is 2.27 bits per heavy atom. The van der Waals surface area contributed by atoms with Gasteiger partial charge in [-0.1, -0.05) is 15.9 Å². The SMILES string of the molecule is COCCCC(N)c1cc(F)ccc1Br. The van der Waals surface area contributed by atoms with Crippen molar-refractivity contribution < 1.29 is 9.13 Å². The maximum Gasteiger partial charge on any atom is 0.123 e. The maximum atomic E-state index is 13.0. The van der Waals surface area contributed by atoms with E-state index in [1.54, 1.807) is 13.2 Å². The van der Waals surface area contributed by atoms with Crippen LogP contribution in [0.2, 0.25) is 0 Å². The monoisotopic (exact) mass is 275 g/mol. The molecule has 0 aliphatic carbocycles. The minimum Gasteiger partial charge on any atom is -0.385 e. The highest BCUT2D eigenvalue weighted by atomic mass is 79.9. The van der Waals surface area contributed by atoms with E-state index in [4.69, 9.17) is 10.5 Å². The van der Waals surface area contributed by atoms with Gasteiger partial charge in [-0.25, -0.2) is 4.39 Å². The number of hydrogen-bond acceptors (Lipinski definition) is 2. The van der Waals surface area contributed by atoms with E-state index < -0.39 is 0 Å². The zero-order valence-electron chi connectivity index (χ0n) is 8.67. The Morgan fingerprint density at radius 3 is 2.93 bits per heavy atom. The summed E-state index contributed by atoms with van der Waals surface area (Å²) in [5, 5.41) is 0. The van der Waals surface area contributed by atoms with Gasteiger partial charge in [0.15, 0.2) is 0 Å².